The maximum Gasteiger partial charge on any atom is 0.245 e. The highest BCUT2D eigenvalue weighted by Gasteiger charge is 2.26. The number of nitrogens with one attached hydrogen (secondary N) is 2. The Balaban J connectivity index is 2.04. The van der Waals surface area contributed by atoms with Crippen LogP contribution in [0.1, 0.15) is 25.5 Å². The summed E-state index contributed by atoms with van der Waals surface area (Å²) in [7, 11) is 0.223. The van der Waals surface area contributed by atoms with Crippen molar-refractivity contribution in [1.29, 1.82) is 0 Å². The normalized spacial score (nSPS) is 17.4. The number of sulfonamides is 1. The fourth-order valence-corrected chi connectivity index (χ4v) is 4.35. The summed E-state index contributed by atoms with van der Waals surface area (Å²) in [4.78, 5) is 2.09. The zero-order chi connectivity index (χ0) is 15.6. The number of hydrogen-bond acceptors (Lipinski definition) is 5. The first kappa shape index (κ1) is 17.0. The van der Waals surface area contributed by atoms with Crippen molar-refractivity contribution in [3.63, 3.8) is 0 Å². The molecular weight excluding hydrogens is 358 g/mol. The minimum atomic E-state index is -3.58. The molecule has 0 aromatic carbocycles. The molecule has 1 aromatic rings. The van der Waals surface area contributed by atoms with Gasteiger partial charge in [0.15, 0.2) is 4.67 Å². The lowest BCUT2D eigenvalue weighted by Crippen LogP contribution is -2.39. The van der Waals surface area contributed by atoms with Gasteiger partial charge < -0.3 is 14.6 Å². The van der Waals surface area contributed by atoms with Crippen molar-refractivity contribution < 1.29 is 12.8 Å². The van der Waals surface area contributed by atoms with Crippen molar-refractivity contribution in [2.75, 3.05) is 20.6 Å². The van der Waals surface area contributed by atoms with E-state index < -0.39 is 10.0 Å². The number of likely N-dealkylation sites (N-methyl/N-ethyl adjacent to an activating group) is 1. The SMILES string of the molecule is CC(CN(C)C)NS(=O)(=O)c1cc(CNC2CC2)oc1Br. The van der Waals surface area contributed by atoms with E-state index in [0.29, 0.717) is 24.9 Å². The van der Waals surface area contributed by atoms with Crippen LogP contribution >= 0.6 is 15.9 Å². The van der Waals surface area contributed by atoms with Crippen LogP contribution in [-0.2, 0) is 16.6 Å². The van der Waals surface area contributed by atoms with E-state index in [-0.39, 0.29) is 15.6 Å². The third-order valence-corrected chi connectivity index (χ3v) is 5.58. The molecule has 1 atom stereocenters. The molecular formula is C13H22BrN3O3S. The van der Waals surface area contributed by atoms with Gasteiger partial charge in [-0.15, -0.1) is 0 Å². The summed E-state index contributed by atoms with van der Waals surface area (Å²) in [6.45, 7) is 3.01. The molecule has 8 heteroatoms. The van der Waals surface area contributed by atoms with Crippen LogP contribution in [0.2, 0.25) is 0 Å². The van der Waals surface area contributed by atoms with Gasteiger partial charge in [-0.05, 0) is 49.8 Å². The fraction of sp³-hybridized carbons (Fsp3) is 0.692. The van der Waals surface area contributed by atoms with Gasteiger partial charge in [-0.3, -0.25) is 0 Å². The van der Waals surface area contributed by atoms with Gasteiger partial charge in [0, 0.05) is 24.7 Å². The van der Waals surface area contributed by atoms with E-state index in [1.165, 1.54) is 12.8 Å². The smallest absolute Gasteiger partial charge is 0.245 e. The first-order valence-electron chi connectivity index (χ1n) is 6.96. The van der Waals surface area contributed by atoms with E-state index in [1.807, 2.05) is 25.9 Å². The molecule has 1 unspecified atom stereocenters. The lowest BCUT2D eigenvalue weighted by atomic mass is 10.3. The number of hydrogen-bond donors (Lipinski definition) is 2. The van der Waals surface area contributed by atoms with Crippen LogP contribution in [0.5, 0.6) is 0 Å². The van der Waals surface area contributed by atoms with Crippen molar-refractivity contribution in [2.24, 2.45) is 0 Å². The Morgan fingerprint density at radius 2 is 2.14 bits per heavy atom. The van der Waals surface area contributed by atoms with Crippen LogP contribution in [0, 0.1) is 0 Å². The van der Waals surface area contributed by atoms with Crippen LogP contribution in [0.15, 0.2) is 20.0 Å². The van der Waals surface area contributed by atoms with Gasteiger partial charge in [-0.25, -0.2) is 13.1 Å². The first-order valence-corrected chi connectivity index (χ1v) is 9.24. The van der Waals surface area contributed by atoms with E-state index >= 15 is 0 Å². The molecule has 0 aliphatic heterocycles. The van der Waals surface area contributed by atoms with Gasteiger partial charge in [-0.1, -0.05) is 0 Å². The molecule has 1 aliphatic carbocycles. The van der Waals surface area contributed by atoms with E-state index in [1.54, 1.807) is 6.07 Å². The highest BCUT2D eigenvalue weighted by atomic mass is 79.9. The molecule has 21 heavy (non-hydrogen) atoms. The van der Waals surface area contributed by atoms with Crippen molar-refractivity contribution >= 4 is 26.0 Å². The quantitative estimate of drug-likeness (QED) is 0.716. The molecule has 0 bridgehead atoms. The third-order valence-electron chi connectivity index (χ3n) is 3.13. The van der Waals surface area contributed by atoms with E-state index in [9.17, 15) is 8.42 Å². The van der Waals surface area contributed by atoms with E-state index in [2.05, 4.69) is 26.0 Å². The molecule has 0 saturated heterocycles. The summed E-state index contributed by atoms with van der Waals surface area (Å²) < 4.78 is 33.1. The number of halogens is 1. The Morgan fingerprint density at radius 3 is 2.71 bits per heavy atom. The molecule has 2 rings (SSSR count). The van der Waals surface area contributed by atoms with Crippen molar-refractivity contribution in [3.05, 3.63) is 16.5 Å². The highest BCUT2D eigenvalue weighted by molar-refractivity contribution is 9.10. The maximum atomic E-state index is 12.4. The zero-order valence-electron chi connectivity index (χ0n) is 12.5. The molecule has 0 amide bonds. The number of nitrogens with zero attached hydrogens (tertiary/aromatic N) is 1. The molecule has 2 N–H and O–H groups in total. The van der Waals surface area contributed by atoms with Crippen LogP contribution in [0.4, 0.5) is 0 Å². The van der Waals surface area contributed by atoms with Crippen LogP contribution in [0.25, 0.3) is 0 Å². The Morgan fingerprint density at radius 1 is 1.48 bits per heavy atom. The second-order valence-electron chi connectivity index (χ2n) is 5.79. The monoisotopic (exact) mass is 379 g/mol. The van der Waals surface area contributed by atoms with Crippen LogP contribution < -0.4 is 10.0 Å². The number of furan rings is 1. The molecule has 1 aliphatic rings. The Labute approximate surface area is 134 Å². The zero-order valence-corrected chi connectivity index (χ0v) is 14.9. The summed E-state index contributed by atoms with van der Waals surface area (Å²) in [6.07, 6.45) is 2.35. The summed E-state index contributed by atoms with van der Waals surface area (Å²) in [5.74, 6) is 0.620. The lowest BCUT2D eigenvalue weighted by molar-refractivity contribution is 0.370. The van der Waals surface area contributed by atoms with Gasteiger partial charge in [-0.2, -0.15) is 0 Å². The minimum Gasteiger partial charge on any atom is -0.452 e. The number of rotatable bonds is 8. The van der Waals surface area contributed by atoms with Gasteiger partial charge in [0.2, 0.25) is 10.0 Å². The summed E-state index contributed by atoms with van der Waals surface area (Å²) in [6, 6.07) is 1.94. The first-order chi connectivity index (χ1) is 9.78. The van der Waals surface area contributed by atoms with Crippen molar-refractivity contribution in [3.8, 4) is 0 Å². The lowest BCUT2D eigenvalue weighted by Gasteiger charge is -2.17. The Hall–Kier alpha value is -0.410. The molecule has 1 aromatic heterocycles. The standard InChI is InChI=1S/C13H22BrN3O3S/c1-9(8-17(2)3)16-21(18,19)12-6-11(20-13(12)14)7-15-10-4-5-10/h6,9-10,15-16H,4-5,7-8H2,1-3H3. The topological polar surface area (TPSA) is 74.6 Å². The third kappa shape index (κ3) is 5.07. The van der Waals surface area contributed by atoms with E-state index in [0.717, 1.165) is 0 Å². The van der Waals surface area contributed by atoms with Crippen LogP contribution in [0.3, 0.4) is 0 Å². The molecule has 0 spiro atoms. The van der Waals surface area contributed by atoms with Crippen LogP contribution in [-0.4, -0.2) is 46.0 Å². The summed E-state index contributed by atoms with van der Waals surface area (Å²) >= 11 is 3.19. The Kier molecular flexibility index (Phi) is 5.48. The molecule has 120 valence electrons. The van der Waals surface area contributed by atoms with Gasteiger partial charge in [0.05, 0.1) is 6.54 Å². The molecule has 6 nitrogen and oxygen atoms in total. The van der Waals surface area contributed by atoms with Gasteiger partial charge in [0.1, 0.15) is 10.7 Å². The Bertz CT molecular complexity index is 581. The molecule has 1 fully saturated rings. The van der Waals surface area contributed by atoms with Gasteiger partial charge in [0.25, 0.3) is 0 Å². The molecule has 1 saturated carbocycles. The van der Waals surface area contributed by atoms with Crippen molar-refractivity contribution in [2.45, 2.75) is 43.3 Å². The fourth-order valence-electron chi connectivity index (χ4n) is 2.11. The predicted molar refractivity (Wildman–Crippen MR) is 84.6 cm³/mol. The highest BCUT2D eigenvalue weighted by Crippen LogP contribution is 2.27. The minimum absolute atomic E-state index is 0.153. The second-order valence-corrected chi connectivity index (χ2v) is 8.19. The largest absolute Gasteiger partial charge is 0.452 e. The predicted octanol–water partition coefficient (Wildman–Crippen LogP) is 1.52. The summed E-state index contributed by atoms with van der Waals surface area (Å²) in [5, 5.41) is 3.30. The summed E-state index contributed by atoms with van der Waals surface area (Å²) in [5.41, 5.74) is 0. The average molecular weight is 380 g/mol. The van der Waals surface area contributed by atoms with Crippen molar-refractivity contribution in [1.82, 2.24) is 14.9 Å². The van der Waals surface area contributed by atoms with Gasteiger partial charge >= 0.3 is 0 Å². The van der Waals surface area contributed by atoms with E-state index in [4.69, 9.17) is 4.42 Å². The molecule has 1 heterocycles. The average Bonchev–Trinajstić information content (AvgIpc) is 3.07. The maximum absolute atomic E-state index is 12.4. The molecule has 0 radical (unpaired) electrons. The second kappa shape index (κ2) is 6.78.